The minimum atomic E-state index is -0.860. The van der Waals surface area contributed by atoms with Crippen LogP contribution in [0.1, 0.15) is 24.0 Å². The number of para-hydroxylation sites is 2. The number of carboxylic acids is 1. The molecule has 0 aliphatic rings. The van der Waals surface area contributed by atoms with E-state index in [0.717, 1.165) is 23.0 Å². The van der Waals surface area contributed by atoms with Crippen molar-refractivity contribution in [3.63, 3.8) is 0 Å². The number of nitrogens with zero attached hydrogens (tertiary/aromatic N) is 1. The Morgan fingerprint density at radius 3 is 2.59 bits per heavy atom. The molecule has 0 unspecified atom stereocenters. The maximum absolute atomic E-state index is 12.5. The average molecular weight is 455 g/mol. The molecular formula is C28H26N2O4. The number of nitrogens with one attached hydrogen (secondary N) is 1. The molecule has 0 spiro atoms. The highest BCUT2D eigenvalue weighted by Crippen LogP contribution is 2.24. The summed E-state index contributed by atoms with van der Waals surface area (Å²) in [5.41, 5.74) is 3.85. The van der Waals surface area contributed by atoms with E-state index in [1.165, 1.54) is 11.6 Å². The van der Waals surface area contributed by atoms with Crippen molar-refractivity contribution in [3.8, 4) is 5.75 Å². The molecule has 1 aromatic heterocycles. The number of carboxylic acid groups (broad SMARTS) is 1. The maximum Gasteiger partial charge on any atom is 0.303 e. The molecule has 34 heavy (non-hydrogen) atoms. The molecule has 0 bridgehead atoms. The van der Waals surface area contributed by atoms with Crippen LogP contribution in [0.4, 0.5) is 5.69 Å². The summed E-state index contributed by atoms with van der Waals surface area (Å²) in [7, 11) is 0. The topological polar surface area (TPSA) is 80.6 Å². The maximum atomic E-state index is 12.5. The van der Waals surface area contributed by atoms with E-state index in [-0.39, 0.29) is 18.9 Å². The molecule has 1 amide bonds. The Hall–Kier alpha value is -4.32. The summed E-state index contributed by atoms with van der Waals surface area (Å²) in [6.07, 6.45) is 5.78. The summed E-state index contributed by atoms with van der Waals surface area (Å²) in [4.78, 5) is 23.1. The van der Waals surface area contributed by atoms with Crippen LogP contribution in [0, 0.1) is 0 Å². The first-order chi connectivity index (χ1) is 16.6. The van der Waals surface area contributed by atoms with Gasteiger partial charge < -0.3 is 19.7 Å². The predicted octanol–water partition coefficient (Wildman–Crippen LogP) is 5.59. The highest BCUT2D eigenvalue weighted by molar-refractivity contribution is 6.03. The van der Waals surface area contributed by atoms with Crippen LogP contribution in [0.5, 0.6) is 5.75 Å². The van der Waals surface area contributed by atoms with Gasteiger partial charge in [0.2, 0.25) is 5.91 Å². The first kappa shape index (κ1) is 22.9. The molecule has 3 aromatic carbocycles. The minimum Gasteiger partial charge on any atom is -0.491 e. The molecule has 1 heterocycles. The Bertz CT molecular complexity index is 1310. The lowest BCUT2D eigenvalue weighted by Crippen LogP contribution is -2.10. The number of aromatic nitrogens is 1. The number of amides is 1. The summed E-state index contributed by atoms with van der Waals surface area (Å²) >= 11 is 0. The monoisotopic (exact) mass is 454 g/mol. The van der Waals surface area contributed by atoms with E-state index in [1.54, 1.807) is 30.3 Å². The van der Waals surface area contributed by atoms with Gasteiger partial charge in [0.05, 0.1) is 12.3 Å². The zero-order valence-corrected chi connectivity index (χ0v) is 18.7. The van der Waals surface area contributed by atoms with Gasteiger partial charge in [-0.15, -0.1) is 0 Å². The molecule has 0 radical (unpaired) electrons. The number of fused-ring (bicyclic) bond motifs is 1. The van der Waals surface area contributed by atoms with Crippen molar-refractivity contribution in [2.75, 3.05) is 11.9 Å². The number of benzene rings is 3. The second-order valence-electron chi connectivity index (χ2n) is 7.91. The molecule has 0 fully saturated rings. The molecule has 2 N–H and O–H groups in total. The Morgan fingerprint density at radius 1 is 0.971 bits per heavy atom. The molecule has 0 saturated heterocycles. The van der Waals surface area contributed by atoms with Gasteiger partial charge in [-0.1, -0.05) is 48.5 Å². The van der Waals surface area contributed by atoms with E-state index in [2.05, 4.69) is 46.4 Å². The van der Waals surface area contributed by atoms with Crippen molar-refractivity contribution in [2.24, 2.45) is 0 Å². The number of anilines is 1. The fourth-order valence-electron chi connectivity index (χ4n) is 3.69. The predicted molar refractivity (Wildman–Crippen MR) is 134 cm³/mol. The van der Waals surface area contributed by atoms with Crippen LogP contribution >= 0.6 is 0 Å². The Labute approximate surface area is 198 Å². The molecular weight excluding hydrogens is 428 g/mol. The van der Waals surface area contributed by atoms with Crippen LogP contribution in [0.2, 0.25) is 0 Å². The molecule has 6 heteroatoms. The molecule has 4 rings (SSSR count). The average Bonchev–Trinajstić information content (AvgIpc) is 3.24. The zero-order chi connectivity index (χ0) is 23.8. The standard InChI is InChI=1S/C28H26N2O4/c31-27(29-24-9-4-5-10-26(24)34-18-6-11-28(32)33)15-13-21-12-14-25-23(19-21)16-17-30(25)20-22-7-2-1-3-8-22/h1-5,7-10,12-17,19H,6,11,18,20H2,(H,29,31)(H,32,33)/b15-13+. The van der Waals surface area contributed by atoms with E-state index < -0.39 is 5.97 Å². The first-order valence-electron chi connectivity index (χ1n) is 11.1. The van der Waals surface area contributed by atoms with Crippen LogP contribution < -0.4 is 10.1 Å². The van der Waals surface area contributed by atoms with Gasteiger partial charge in [-0.2, -0.15) is 0 Å². The van der Waals surface area contributed by atoms with Crippen LogP contribution in [-0.2, 0) is 16.1 Å². The van der Waals surface area contributed by atoms with Gasteiger partial charge in [0.1, 0.15) is 5.75 Å². The first-order valence-corrected chi connectivity index (χ1v) is 11.1. The van der Waals surface area contributed by atoms with Gasteiger partial charge in [0.15, 0.2) is 0 Å². The molecule has 0 aliphatic carbocycles. The molecule has 4 aromatic rings. The number of hydrogen-bond acceptors (Lipinski definition) is 3. The Morgan fingerprint density at radius 2 is 1.76 bits per heavy atom. The van der Waals surface area contributed by atoms with Gasteiger partial charge in [0.25, 0.3) is 0 Å². The van der Waals surface area contributed by atoms with E-state index >= 15 is 0 Å². The Kier molecular flexibility index (Phi) is 7.40. The molecule has 0 atom stereocenters. The molecule has 0 saturated carbocycles. The lowest BCUT2D eigenvalue weighted by molar-refractivity contribution is -0.137. The second-order valence-corrected chi connectivity index (χ2v) is 7.91. The minimum absolute atomic E-state index is 0.0389. The zero-order valence-electron chi connectivity index (χ0n) is 18.7. The normalized spacial score (nSPS) is 11.1. The number of carbonyl (C=O) groups excluding carboxylic acids is 1. The van der Waals surface area contributed by atoms with Gasteiger partial charge in [-0.3, -0.25) is 9.59 Å². The third kappa shape index (κ3) is 6.13. The van der Waals surface area contributed by atoms with E-state index in [0.29, 0.717) is 17.9 Å². The number of aliphatic carboxylic acids is 1. The number of carbonyl (C=O) groups is 2. The summed E-state index contributed by atoms with van der Waals surface area (Å²) in [5.74, 6) is -0.625. The molecule has 172 valence electrons. The van der Waals surface area contributed by atoms with E-state index in [9.17, 15) is 9.59 Å². The van der Waals surface area contributed by atoms with E-state index in [1.807, 2.05) is 24.3 Å². The van der Waals surface area contributed by atoms with Crippen molar-refractivity contribution >= 4 is 34.5 Å². The number of hydrogen-bond donors (Lipinski definition) is 2. The fourth-order valence-corrected chi connectivity index (χ4v) is 3.69. The van der Waals surface area contributed by atoms with Crippen molar-refractivity contribution in [2.45, 2.75) is 19.4 Å². The fraction of sp³-hybridized carbons (Fsp3) is 0.143. The second kappa shape index (κ2) is 11.0. The van der Waals surface area contributed by atoms with Crippen LogP contribution in [0.25, 0.3) is 17.0 Å². The van der Waals surface area contributed by atoms with Crippen LogP contribution in [-0.4, -0.2) is 28.2 Å². The van der Waals surface area contributed by atoms with Gasteiger partial charge in [0, 0.05) is 36.1 Å². The van der Waals surface area contributed by atoms with Gasteiger partial charge in [-0.05, 0) is 54.0 Å². The summed E-state index contributed by atoms with van der Waals surface area (Å²) in [5, 5.41) is 12.7. The number of rotatable bonds is 10. The van der Waals surface area contributed by atoms with Crippen LogP contribution in [0.15, 0.2) is 91.1 Å². The molecule has 0 aliphatic heterocycles. The van der Waals surface area contributed by atoms with Crippen molar-refractivity contribution in [3.05, 3.63) is 102 Å². The third-order valence-corrected chi connectivity index (χ3v) is 5.36. The quantitative estimate of drug-likeness (QED) is 0.242. The lowest BCUT2D eigenvalue weighted by atomic mass is 10.1. The molecule has 6 nitrogen and oxygen atoms in total. The van der Waals surface area contributed by atoms with Crippen molar-refractivity contribution < 1.29 is 19.4 Å². The summed E-state index contributed by atoms with van der Waals surface area (Å²) in [6.45, 7) is 1.07. The van der Waals surface area contributed by atoms with Crippen molar-refractivity contribution in [1.82, 2.24) is 4.57 Å². The van der Waals surface area contributed by atoms with Crippen LogP contribution in [0.3, 0.4) is 0 Å². The highest BCUT2D eigenvalue weighted by Gasteiger charge is 2.07. The third-order valence-electron chi connectivity index (χ3n) is 5.36. The number of ether oxygens (including phenoxy) is 1. The van der Waals surface area contributed by atoms with Gasteiger partial charge in [-0.25, -0.2) is 0 Å². The highest BCUT2D eigenvalue weighted by atomic mass is 16.5. The lowest BCUT2D eigenvalue weighted by Gasteiger charge is -2.11. The summed E-state index contributed by atoms with van der Waals surface area (Å²) in [6, 6.07) is 25.6. The SMILES string of the molecule is O=C(O)CCCOc1ccccc1NC(=O)/C=C/c1ccc2c(ccn2Cc2ccccc2)c1. The van der Waals surface area contributed by atoms with E-state index in [4.69, 9.17) is 9.84 Å². The largest absolute Gasteiger partial charge is 0.491 e. The smallest absolute Gasteiger partial charge is 0.303 e. The van der Waals surface area contributed by atoms with Crippen molar-refractivity contribution in [1.29, 1.82) is 0 Å². The van der Waals surface area contributed by atoms with Gasteiger partial charge >= 0.3 is 5.97 Å². The summed E-state index contributed by atoms with van der Waals surface area (Å²) < 4.78 is 7.85. The Balaban J connectivity index is 1.38.